The van der Waals surface area contributed by atoms with E-state index in [9.17, 15) is 4.79 Å². The van der Waals surface area contributed by atoms with Gasteiger partial charge < -0.3 is 4.98 Å². The van der Waals surface area contributed by atoms with Crippen LogP contribution in [0, 0.1) is 6.92 Å². The molecule has 14 heavy (non-hydrogen) atoms. The maximum absolute atomic E-state index is 11.6. The van der Waals surface area contributed by atoms with Gasteiger partial charge in [-0.05, 0) is 18.6 Å². The number of pyridine rings is 1. The second-order valence-corrected chi connectivity index (χ2v) is 3.24. The fourth-order valence-electron chi connectivity index (χ4n) is 1.67. The number of nitrogens with one attached hydrogen (secondary N) is 1. The Morgan fingerprint density at radius 1 is 1.36 bits per heavy atom. The SMILES string of the molecule is C=Cc1c(C)c2ccccc2[nH]c1=O. The van der Waals surface area contributed by atoms with Crippen LogP contribution in [0.4, 0.5) is 0 Å². The van der Waals surface area contributed by atoms with Crippen LogP contribution in [0.5, 0.6) is 0 Å². The van der Waals surface area contributed by atoms with Crippen molar-refractivity contribution in [2.75, 3.05) is 0 Å². The molecule has 2 heteroatoms. The summed E-state index contributed by atoms with van der Waals surface area (Å²) in [5, 5.41) is 1.07. The number of aryl methyl sites for hydroxylation is 1. The van der Waals surface area contributed by atoms with Crippen LogP contribution in [-0.4, -0.2) is 4.98 Å². The molecule has 1 N–H and O–H groups in total. The summed E-state index contributed by atoms with van der Waals surface area (Å²) in [6.45, 7) is 5.58. The molecule has 0 spiro atoms. The highest BCUT2D eigenvalue weighted by atomic mass is 16.1. The molecule has 1 aromatic carbocycles. The molecule has 0 fully saturated rings. The normalized spacial score (nSPS) is 10.4. The lowest BCUT2D eigenvalue weighted by Gasteiger charge is -2.04. The number of hydrogen-bond acceptors (Lipinski definition) is 1. The van der Waals surface area contributed by atoms with Crippen molar-refractivity contribution in [2.45, 2.75) is 6.92 Å². The van der Waals surface area contributed by atoms with E-state index in [0.717, 1.165) is 16.5 Å². The van der Waals surface area contributed by atoms with E-state index in [2.05, 4.69) is 11.6 Å². The van der Waals surface area contributed by atoms with E-state index in [1.807, 2.05) is 31.2 Å². The molecular formula is C12H11NO. The van der Waals surface area contributed by atoms with E-state index in [1.165, 1.54) is 0 Å². The van der Waals surface area contributed by atoms with Crippen LogP contribution >= 0.6 is 0 Å². The Kier molecular flexibility index (Phi) is 1.97. The second-order valence-electron chi connectivity index (χ2n) is 3.24. The van der Waals surface area contributed by atoms with Gasteiger partial charge in [-0.1, -0.05) is 30.9 Å². The lowest BCUT2D eigenvalue weighted by Crippen LogP contribution is -2.11. The van der Waals surface area contributed by atoms with Crippen LogP contribution in [0.1, 0.15) is 11.1 Å². The van der Waals surface area contributed by atoms with Gasteiger partial charge in [-0.25, -0.2) is 0 Å². The van der Waals surface area contributed by atoms with Gasteiger partial charge in [0, 0.05) is 16.5 Å². The molecule has 0 radical (unpaired) electrons. The monoisotopic (exact) mass is 185 g/mol. The number of aromatic amines is 1. The Morgan fingerprint density at radius 3 is 2.79 bits per heavy atom. The highest BCUT2D eigenvalue weighted by Gasteiger charge is 2.04. The van der Waals surface area contributed by atoms with Gasteiger partial charge in [-0.2, -0.15) is 0 Å². The van der Waals surface area contributed by atoms with Crippen molar-refractivity contribution in [1.82, 2.24) is 4.98 Å². The molecule has 0 amide bonds. The van der Waals surface area contributed by atoms with Gasteiger partial charge in [-0.15, -0.1) is 0 Å². The highest BCUT2D eigenvalue weighted by Crippen LogP contribution is 2.16. The summed E-state index contributed by atoms with van der Waals surface area (Å²) in [6.07, 6.45) is 1.60. The van der Waals surface area contributed by atoms with E-state index in [0.29, 0.717) is 5.56 Å². The minimum Gasteiger partial charge on any atom is -0.321 e. The zero-order chi connectivity index (χ0) is 10.1. The second kappa shape index (κ2) is 3.14. The summed E-state index contributed by atoms with van der Waals surface area (Å²) in [4.78, 5) is 14.4. The number of benzene rings is 1. The Labute approximate surface area is 81.9 Å². The molecule has 0 saturated heterocycles. The first-order valence-corrected chi connectivity index (χ1v) is 4.48. The van der Waals surface area contributed by atoms with Crippen LogP contribution in [0.15, 0.2) is 35.6 Å². The molecule has 2 rings (SSSR count). The van der Waals surface area contributed by atoms with Crippen molar-refractivity contribution in [2.24, 2.45) is 0 Å². The molecule has 70 valence electrons. The van der Waals surface area contributed by atoms with Gasteiger partial charge in [0.2, 0.25) is 0 Å². The Morgan fingerprint density at radius 2 is 2.07 bits per heavy atom. The molecule has 0 atom stereocenters. The summed E-state index contributed by atoms with van der Waals surface area (Å²) in [5.41, 5.74) is 2.44. The third-order valence-electron chi connectivity index (χ3n) is 2.43. The number of aromatic nitrogens is 1. The first-order chi connectivity index (χ1) is 6.74. The number of hydrogen-bond donors (Lipinski definition) is 1. The number of rotatable bonds is 1. The van der Waals surface area contributed by atoms with Gasteiger partial charge >= 0.3 is 0 Å². The quantitative estimate of drug-likeness (QED) is 0.727. The first-order valence-electron chi connectivity index (χ1n) is 4.48. The summed E-state index contributed by atoms with van der Waals surface area (Å²) in [7, 11) is 0. The van der Waals surface area contributed by atoms with Gasteiger partial charge in [0.05, 0.1) is 0 Å². The maximum atomic E-state index is 11.6. The van der Waals surface area contributed by atoms with Crippen LogP contribution in [0.25, 0.3) is 17.0 Å². The minimum atomic E-state index is -0.0730. The molecule has 2 nitrogen and oxygen atoms in total. The first kappa shape index (κ1) is 8.75. The smallest absolute Gasteiger partial charge is 0.255 e. The average Bonchev–Trinajstić information content (AvgIpc) is 2.18. The van der Waals surface area contributed by atoms with Crippen LogP contribution < -0.4 is 5.56 Å². The lowest BCUT2D eigenvalue weighted by molar-refractivity contribution is 1.26. The van der Waals surface area contributed by atoms with Gasteiger partial charge in [0.15, 0.2) is 0 Å². The molecule has 0 aliphatic carbocycles. The third kappa shape index (κ3) is 1.16. The molecule has 1 heterocycles. The largest absolute Gasteiger partial charge is 0.321 e. The van der Waals surface area contributed by atoms with Crippen LogP contribution in [0.3, 0.4) is 0 Å². The average molecular weight is 185 g/mol. The Hall–Kier alpha value is -1.83. The van der Waals surface area contributed by atoms with E-state index >= 15 is 0 Å². The summed E-state index contributed by atoms with van der Waals surface area (Å²) < 4.78 is 0. The predicted molar refractivity (Wildman–Crippen MR) is 59.4 cm³/mol. The van der Waals surface area contributed by atoms with Crippen molar-refractivity contribution in [1.29, 1.82) is 0 Å². The van der Waals surface area contributed by atoms with E-state index in [-0.39, 0.29) is 5.56 Å². The van der Waals surface area contributed by atoms with Gasteiger partial charge in [-0.3, -0.25) is 4.79 Å². The number of para-hydroxylation sites is 1. The number of H-pyrrole nitrogens is 1. The fourth-order valence-corrected chi connectivity index (χ4v) is 1.67. The topological polar surface area (TPSA) is 32.9 Å². The standard InChI is InChI=1S/C12H11NO/c1-3-9-8(2)10-6-4-5-7-11(10)13-12(9)14/h3-7H,1H2,2H3,(H,13,14). The third-order valence-corrected chi connectivity index (χ3v) is 2.43. The maximum Gasteiger partial charge on any atom is 0.255 e. The van der Waals surface area contributed by atoms with Crippen molar-refractivity contribution in [3.05, 3.63) is 52.3 Å². The summed E-state index contributed by atoms with van der Waals surface area (Å²) in [5.74, 6) is 0. The molecule has 0 bridgehead atoms. The predicted octanol–water partition coefficient (Wildman–Crippen LogP) is 2.48. The number of fused-ring (bicyclic) bond motifs is 1. The molecule has 1 aromatic heterocycles. The van der Waals surface area contributed by atoms with Crippen molar-refractivity contribution >= 4 is 17.0 Å². The highest BCUT2D eigenvalue weighted by molar-refractivity contribution is 5.84. The summed E-state index contributed by atoms with van der Waals surface area (Å²) in [6, 6.07) is 7.76. The molecular weight excluding hydrogens is 174 g/mol. The fraction of sp³-hybridized carbons (Fsp3) is 0.0833. The van der Waals surface area contributed by atoms with Crippen LogP contribution in [-0.2, 0) is 0 Å². The van der Waals surface area contributed by atoms with Crippen molar-refractivity contribution < 1.29 is 0 Å². The zero-order valence-electron chi connectivity index (χ0n) is 8.00. The van der Waals surface area contributed by atoms with Gasteiger partial charge in [0.1, 0.15) is 0 Å². The van der Waals surface area contributed by atoms with E-state index in [1.54, 1.807) is 6.08 Å². The Bertz CT molecular complexity index is 552. The summed E-state index contributed by atoms with van der Waals surface area (Å²) >= 11 is 0. The molecule has 0 saturated carbocycles. The molecule has 2 aromatic rings. The van der Waals surface area contributed by atoms with E-state index < -0.39 is 0 Å². The lowest BCUT2D eigenvalue weighted by atomic mass is 10.1. The van der Waals surface area contributed by atoms with E-state index in [4.69, 9.17) is 0 Å². The van der Waals surface area contributed by atoms with Crippen molar-refractivity contribution in [3.63, 3.8) is 0 Å². The Balaban J connectivity index is 3.00. The van der Waals surface area contributed by atoms with Crippen LogP contribution in [0.2, 0.25) is 0 Å². The molecule has 0 unspecified atom stereocenters. The van der Waals surface area contributed by atoms with Crippen molar-refractivity contribution in [3.8, 4) is 0 Å². The zero-order valence-corrected chi connectivity index (χ0v) is 8.00. The molecule has 0 aliphatic rings. The minimum absolute atomic E-state index is 0.0730. The molecule has 0 aliphatic heterocycles. The van der Waals surface area contributed by atoms with Gasteiger partial charge in [0.25, 0.3) is 5.56 Å².